The van der Waals surface area contributed by atoms with Gasteiger partial charge in [-0.15, -0.1) is 0 Å². The van der Waals surface area contributed by atoms with Crippen LogP contribution in [-0.2, 0) is 13.0 Å². The number of nitrogen functional groups attached to an aromatic ring is 1. The highest BCUT2D eigenvalue weighted by Gasteiger charge is 2.23. The van der Waals surface area contributed by atoms with Gasteiger partial charge in [-0.1, -0.05) is 18.2 Å². The summed E-state index contributed by atoms with van der Waals surface area (Å²) in [5.41, 5.74) is 8.98. The molecular weight excluding hydrogens is 254 g/mol. The summed E-state index contributed by atoms with van der Waals surface area (Å²) in [6.45, 7) is 1.13. The maximum atomic E-state index is 12.4. The quantitative estimate of drug-likeness (QED) is 0.762. The lowest BCUT2D eigenvalue weighted by atomic mass is 9.98. The fraction of sp³-hybridized carbons (Fsp3) is 0.200. The Balaban J connectivity index is 1.87. The SMILES string of the molecule is Nc1cccc2c1CCN(C(=O)c1cccc(=O)[nH]1)C2. The predicted molar refractivity (Wildman–Crippen MR) is 76.4 cm³/mol. The normalized spacial score (nSPS) is 13.9. The number of carbonyl (C=O) groups is 1. The van der Waals surface area contributed by atoms with Crippen molar-refractivity contribution in [2.45, 2.75) is 13.0 Å². The van der Waals surface area contributed by atoms with Crippen LogP contribution in [0.4, 0.5) is 5.69 Å². The minimum Gasteiger partial charge on any atom is -0.398 e. The minimum absolute atomic E-state index is 0.157. The Bertz CT molecular complexity index is 721. The Kier molecular flexibility index (Phi) is 3.02. The zero-order valence-corrected chi connectivity index (χ0v) is 10.9. The van der Waals surface area contributed by atoms with Crippen molar-refractivity contribution in [2.24, 2.45) is 0 Å². The number of aromatic amines is 1. The predicted octanol–water partition coefficient (Wildman–Crippen LogP) is 1.16. The first kappa shape index (κ1) is 12.5. The fourth-order valence-corrected chi connectivity index (χ4v) is 2.56. The van der Waals surface area contributed by atoms with Crippen LogP contribution in [0.2, 0.25) is 0 Å². The summed E-state index contributed by atoms with van der Waals surface area (Å²) in [6.07, 6.45) is 0.741. The summed E-state index contributed by atoms with van der Waals surface area (Å²) in [7, 11) is 0. The number of nitrogens with one attached hydrogen (secondary N) is 1. The summed E-state index contributed by atoms with van der Waals surface area (Å²) in [5, 5.41) is 0. The monoisotopic (exact) mass is 269 g/mol. The summed E-state index contributed by atoms with van der Waals surface area (Å²) < 4.78 is 0. The molecule has 0 fully saturated rings. The van der Waals surface area contributed by atoms with Gasteiger partial charge in [0.2, 0.25) is 5.56 Å². The molecule has 1 aromatic heterocycles. The number of anilines is 1. The molecule has 20 heavy (non-hydrogen) atoms. The number of hydrogen-bond donors (Lipinski definition) is 2. The van der Waals surface area contributed by atoms with E-state index in [4.69, 9.17) is 5.73 Å². The molecule has 102 valence electrons. The smallest absolute Gasteiger partial charge is 0.270 e. The summed E-state index contributed by atoms with van der Waals surface area (Å²) in [6, 6.07) is 10.4. The van der Waals surface area contributed by atoms with Crippen LogP contribution < -0.4 is 11.3 Å². The summed E-state index contributed by atoms with van der Waals surface area (Å²) >= 11 is 0. The van der Waals surface area contributed by atoms with Crippen molar-refractivity contribution in [1.29, 1.82) is 0 Å². The first-order chi connectivity index (χ1) is 9.65. The van der Waals surface area contributed by atoms with Crippen LogP contribution in [0, 0.1) is 0 Å². The largest absolute Gasteiger partial charge is 0.398 e. The first-order valence-electron chi connectivity index (χ1n) is 6.50. The molecule has 0 unspecified atom stereocenters. The number of nitrogens with two attached hydrogens (primary N) is 1. The average Bonchev–Trinajstić information content (AvgIpc) is 2.46. The molecule has 1 amide bonds. The highest BCUT2D eigenvalue weighted by Crippen LogP contribution is 2.24. The van der Waals surface area contributed by atoms with E-state index >= 15 is 0 Å². The molecule has 3 N–H and O–H groups in total. The van der Waals surface area contributed by atoms with Crippen molar-refractivity contribution >= 4 is 11.6 Å². The van der Waals surface area contributed by atoms with Gasteiger partial charge in [-0.05, 0) is 29.7 Å². The molecule has 2 aromatic rings. The molecule has 3 rings (SSSR count). The van der Waals surface area contributed by atoms with Crippen molar-refractivity contribution in [3.63, 3.8) is 0 Å². The second-order valence-corrected chi connectivity index (χ2v) is 4.89. The number of carbonyl (C=O) groups excluding carboxylic acids is 1. The van der Waals surface area contributed by atoms with Crippen LogP contribution >= 0.6 is 0 Å². The molecule has 0 radical (unpaired) electrons. The lowest BCUT2D eigenvalue weighted by Crippen LogP contribution is -2.37. The van der Waals surface area contributed by atoms with Crippen LogP contribution in [0.25, 0.3) is 0 Å². The molecule has 5 heteroatoms. The van der Waals surface area contributed by atoms with Crippen LogP contribution in [0.15, 0.2) is 41.2 Å². The molecule has 2 heterocycles. The molecule has 1 aliphatic heterocycles. The van der Waals surface area contributed by atoms with E-state index in [2.05, 4.69) is 4.98 Å². The Labute approximate surface area is 116 Å². The van der Waals surface area contributed by atoms with E-state index < -0.39 is 0 Å². The molecule has 0 aliphatic carbocycles. The number of hydrogen-bond acceptors (Lipinski definition) is 3. The Hall–Kier alpha value is -2.56. The average molecular weight is 269 g/mol. The van der Waals surface area contributed by atoms with E-state index in [-0.39, 0.29) is 11.5 Å². The van der Waals surface area contributed by atoms with Gasteiger partial charge in [0.05, 0.1) is 0 Å². The first-order valence-corrected chi connectivity index (χ1v) is 6.50. The van der Waals surface area contributed by atoms with Crippen molar-refractivity contribution in [3.8, 4) is 0 Å². The van der Waals surface area contributed by atoms with Crippen molar-refractivity contribution < 1.29 is 4.79 Å². The van der Waals surface area contributed by atoms with Gasteiger partial charge in [-0.2, -0.15) is 0 Å². The third kappa shape index (κ3) is 2.18. The van der Waals surface area contributed by atoms with Gasteiger partial charge in [0.25, 0.3) is 5.91 Å². The maximum absolute atomic E-state index is 12.4. The molecule has 1 aromatic carbocycles. The van der Waals surface area contributed by atoms with Crippen molar-refractivity contribution in [2.75, 3.05) is 12.3 Å². The molecular formula is C15H15N3O2. The van der Waals surface area contributed by atoms with E-state index in [1.165, 1.54) is 6.07 Å². The van der Waals surface area contributed by atoms with Gasteiger partial charge in [0.1, 0.15) is 5.69 Å². The number of benzene rings is 1. The highest BCUT2D eigenvalue weighted by molar-refractivity contribution is 5.92. The third-order valence-electron chi connectivity index (χ3n) is 3.59. The fourth-order valence-electron chi connectivity index (χ4n) is 2.56. The number of H-pyrrole nitrogens is 1. The second kappa shape index (κ2) is 4.85. The summed E-state index contributed by atoms with van der Waals surface area (Å²) in [5.74, 6) is -0.157. The van der Waals surface area contributed by atoms with Crippen molar-refractivity contribution in [3.05, 3.63) is 63.6 Å². The van der Waals surface area contributed by atoms with Crippen molar-refractivity contribution in [1.82, 2.24) is 9.88 Å². The van der Waals surface area contributed by atoms with E-state index in [1.54, 1.807) is 17.0 Å². The minimum atomic E-state index is -0.266. The van der Waals surface area contributed by atoms with Crippen LogP contribution in [0.5, 0.6) is 0 Å². The number of nitrogens with zero attached hydrogens (tertiary/aromatic N) is 1. The highest BCUT2D eigenvalue weighted by atomic mass is 16.2. The lowest BCUT2D eigenvalue weighted by molar-refractivity contribution is 0.0728. The van der Waals surface area contributed by atoms with E-state index in [1.807, 2.05) is 18.2 Å². The second-order valence-electron chi connectivity index (χ2n) is 4.89. The topological polar surface area (TPSA) is 79.2 Å². The van der Waals surface area contributed by atoms with E-state index in [0.29, 0.717) is 18.8 Å². The van der Waals surface area contributed by atoms with E-state index in [9.17, 15) is 9.59 Å². The van der Waals surface area contributed by atoms with Gasteiger partial charge in [-0.3, -0.25) is 9.59 Å². The standard InChI is InChI=1S/C15H15N3O2/c16-12-4-1-3-10-9-18(8-7-11(10)12)15(20)13-5-2-6-14(19)17-13/h1-6H,7-9,16H2,(H,17,19). The molecule has 0 spiro atoms. The number of aromatic nitrogens is 1. The molecule has 0 saturated carbocycles. The number of amides is 1. The third-order valence-corrected chi connectivity index (χ3v) is 3.59. The van der Waals surface area contributed by atoms with Gasteiger partial charge in [0.15, 0.2) is 0 Å². The van der Waals surface area contributed by atoms with Gasteiger partial charge >= 0.3 is 0 Å². The van der Waals surface area contributed by atoms with Crippen LogP contribution in [0.3, 0.4) is 0 Å². The van der Waals surface area contributed by atoms with Gasteiger partial charge in [-0.25, -0.2) is 0 Å². The van der Waals surface area contributed by atoms with E-state index in [0.717, 1.165) is 23.2 Å². The Morgan fingerprint density at radius 3 is 2.80 bits per heavy atom. The Morgan fingerprint density at radius 1 is 1.20 bits per heavy atom. The lowest BCUT2D eigenvalue weighted by Gasteiger charge is -2.29. The van der Waals surface area contributed by atoms with Crippen LogP contribution in [-0.4, -0.2) is 22.3 Å². The molecule has 0 bridgehead atoms. The number of rotatable bonds is 1. The molecule has 1 aliphatic rings. The van der Waals surface area contributed by atoms with Gasteiger partial charge < -0.3 is 15.6 Å². The van der Waals surface area contributed by atoms with Gasteiger partial charge in [0, 0.05) is 24.8 Å². The number of pyridine rings is 1. The Morgan fingerprint density at radius 2 is 2.00 bits per heavy atom. The van der Waals surface area contributed by atoms with Crippen LogP contribution in [0.1, 0.15) is 21.6 Å². The number of fused-ring (bicyclic) bond motifs is 1. The molecule has 0 atom stereocenters. The maximum Gasteiger partial charge on any atom is 0.270 e. The zero-order valence-electron chi connectivity index (χ0n) is 10.9. The molecule has 5 nitrogen and oxygen atoms in total. The molecule has 0 saturated heterocycles. The summed E-state index contributed by atoms with van der Waals surface area (Å²) in [4.78, 5) is 27.9. The zero-order chi connectivity index (χ0) is 14.1.